The molecule has 0 aliphatic heterocycles. The van der Waals surface area contributed by atoms with Gasteiger partial charge in [-0.2, -0.15) is 11.8 Å². The second kappa shape index (κ2) is 17.9. The van der Waals surface area contributed by atoms with Crippen molar-refractivity contribution in [2.45, 2.75) is 57.9 Å². The number of carbonyl (C=O) groups is 3. The molecule has 4 rings (SSSR count). The normalized spacial score (nSPS) is 13.8. The summed E-state index contributed by atoms with van der Waals surface area (Å²) in [6.45, 7) is 3.11. The van der Waals surface area contributed by atoms with Crippen molar-refractivity contribution >= 4 is 29.7 Å². The summed E-state index contributed by atoms with van der Waals surface area (Å²) in [6, 6.07) is 21.5. The largest absolute Gasteiger partial charge is 1.00 e. The number of para-hydroxylation sites is 1. The standard InChI is InChI=1S/C35H42N2O5S.Li/c1-25-11-9-10-16-29(25)31-23-26(17-18-30(31)33(38)36-32(34(39)40)20-22-43-2)19-21-37(24-27-12-5-3-6-13-27)35(41)42-28-14-7-4-8-15-28;/h4,7-11,14-18,23,27,32H,3,5-6,12-13,19-22,24H2,1-2H3,(H,36,38)(H,39,40);/q;+1/p-1. The molecule has 0 saturated heterocycles. The second-order valence-electron chi connectivity index (χ2n) is 11.2. The Labute approximate surface area is 277 Å². The monoisotopic (exact) mass is 608 g/mol. The number of benzene rings is 3. The van der Waals surface area contributed by atoms with Gasteiger partial charge >= 0.3 is 25.0 Å². The number of carboxylic acid groups (broad SMARTS) is 1. The summed E-state index contributed by atoms with van der Waals surface area (Å²) in [5.41, 5.74) is 3.98. The van der Waals surface area contributed by atoms with Crippen molar-refractivity contribution in [2.24, 2.45) is 5.92 Å². The number of amides is 2. The zero-order valence-corrected chi connectivity index (χ0v) is 26.9. The van der Waals surface area contributed by atoms with Crippen LogP contribution in [-0.4, -0.2) is 54.0 Å². The predicted octanol–water partition coefficient (Wildman–Crippen LogP) is 2.89. The average molecular weight is 609 g/mol. The number of ether oxygens (including phenoxy) is 1. The van der Waals surface area contributed by atoms with Crippen molar-refractivity contribution in [2.75, 3.05) is 25.1 Å². The van der Waals surface area contributed by atoms with E-state index in [4.69, 9.17) is 4.74 Å². The topological polar surface area (TPSA) is 98.8 Å². The maximum Gasteiger partial charge on any atom is 1.00 e. The van der Waals surface area contributed by atoms with Gasteiger partial charge in [-0.25, -0.2) is 4.79 Å². The Morgan fingerprint density at radius 2 is 1.68 bits per heavy atom. The van der Waals surface area contributed by atoms with Crippen LogP contribution in [0, 0.1) is 12.8 Å². The molecule has 0 spiro atoms. The quantitative estimate of drug-likeness (QED) is 0.300. The number of hydrogen-bond acceptors (Lipinski definition) is 6. The molecule has 1 unspecified atom stereocenters. The Balaban J connectivity index is 0.00000529. The van der Waals surface area contributed by atoms with Gasteiger partial charge in [-0.05, 0) is 91.0 Å². The van der Waals surface area contributed by atoms with Gasteiger partial charge in [0.15, 0.2) is 0 Å². The van der Waals surface area contributed by atoms with Gasteiger partial charge in [0.05, 0.1) is 12.0 Å². The summed E-state index contributed by atoms with van der Waals surface area (Å²) < 4.78 is 5.73. The van der Waals surface area contributed by atoms with Crippen LogP contribution in [0.3, 0.4) is 0 Å². The first kappa shape index (κ1) is 35.3. The predicted molar refractivity (Wildman–Crippen MR) is 170 cm³/mol. The first-order valence-corrected chi connectivity index (χ1v) is 16.5. The smallest absolute Gasteiger partial charge is 0.548 e. The van der Waals surface area contributed by atoms with Crippen molar-refractivity contribution in [3.8, 4) is 16.9 Å². The number of aliphatic carboxylic acids is 1. The summed E-state index contributed by atoms with van der Waals surface area (Å²) in [4.78, 5) is 40.3. The van der Waals surface area contributed by atoms with Crippen LogP contribution in [0.4, 0.5) is 4.79 Å². The van der Waals surface area contributed by atoms with Gasteiger partial charge in [-0.1, -0.05) is 73.9 Å². The Kier molecular flexibility index (Phi) is 14.4. The van der Waals surface area contributed by atoms with E-state index in [0.717, 1.165) is 35.1 Å². The fourth-order valence-electron chi connectivity index (χ4n) is 5.62. The van der Waals surface area contributed by atoms with Crippen LogP contribution in [0.1, 0.15) is 60.0 Å². The van der Waals surface area contributed by atoms with Crippen LogP contribution in [0.5, 0.6) is 5.75 Å². The van der Waals surface area contributed by atoms with E-state index < -0.39 is 17.9 Å². The number of rotatable bonds is 13. The van der Waals surface area contributed by atoms with E-state index in [1.807, 2.05) is 72.7 Å². The fraction of sp³-hybridized carbons (Fsp3) is 0.400. The number of aryl methyl sites for hydroxylation is 1. The minimum atomic E-state index is -1.29. The van der Waals surface area contributed by atoms with Gasteiger partial charge < -0.3 is 24.9 Å². The Hall–Kier alpha value is -3.18. The Morgan fingerprint density at radius 3 is 2.36 bits per heavy atom. The van der Waals surface area contributed by atoms with E-state index in [9.17, 15) is 19.5 Å². The van der Waals surface area contributed by atoms with Crippen molar-refractivity contribution in [3.05, 3.63) is 89.5 Å². The van der Waals surface area contributed by atoms with Gasteiger partial charge in [0.1, 0.15) is 5.75 Å². The van der Waals surface area contributed by atoms with Crippen LogP contribution in [0.25, 0.3) is 11.1 Å². The summed E-state index contributed by atoms with van der Waals surface area (Å²) in [5.74, 6) is -0.186. The minimum absolute atomic E-state index is 0. The van der Waals surface area contributed by atoms with Crippen LogP contribution >= 0.6 is 11.8 Å². The molecule has 1 saturated carbocycles. The molecule has 0 bridgehead atoms. The summed E-state index contributed by atoms with van der Waals surface area (Å²) in [7, 11) is 0. The van der Waals surface area contributed by atoms with Gasteiger partial charge in [0, 0.05) is 18.7 Å². The fourth-order valence-corrected chi connectivity index (χ4v) is 6.09. The molecule has 44 heavy (non-hydrogen) atoms. The molecular weight excluding hydrogens is 567 g/mol. The zero-order chi connectivity index (χ0) is 30.6. The van der Waals surface area contributed by atoms with E-state index in [2.05, 4.69) is 5.32 Å². The number of hydrogen-bond donors (Lipinski definition) is 1. The van der Waals surface area contributed by atoms with Crippen LogP contribution in [0.15, 0.2) is 72.8 Å². The molecule has 7 nitrogen and oxygen atoms in total. The molecule has 9 heteroatoms. The third kappa shape index (κ3) is 10.2. The van der Waals surface area contributed by atoms with Crippen molar-refractivity contribution in [3.63, 3.8) is 0 Å². The molecule has 0 aromatic heterocycles. The molecule has 2 amide bonds. The molecule has 1 N–H and O–H groups in total. The number of nitrogens with zero attached hydrogens (tertiary/aromatic N) is 1. The van der Waals surface area contributed by atoms with Gasteiger partial charge in [0.25, 0.3) is 5.91 Å². The Bertz CT molecular complexity index is 1380. The summed E-state index contributed by atoms with van der Waals surface area (Å²) in [5, 5.41) is 14.4. The molecule has 1 atom stereocenters. The van der Waals surface area contributed by atoms with E-state index in [-0.39, 0.29) is 31.4 Å². The van der Waals surface area contributed by atoms with Gasteiger partial charge in [0.2, 0.25) is 0 Å². The van der Waals surface area contributed by atoms with Crippen LogP contribution in [0.2, 0.25) is 0 Å². The molecule has 0 radical (unpaired) electrons. The summed E-state index contributed by atoms with van der Waals surface area (Å²) in [6.07, 6.45) is 8.23. The first-order chi connectivity index (χ1) is 20.9. The van der Waals surface area contributed by atoms with Crippen molar-refractivity contribution in [1.29, 1.82) is 0 Å². The molecular formula is C35H41LiN2O5S. The average Bonchev–Trinajstić information content (AvgIpc) is 3.02. The van der Waals surface area contributed by atoms with Crippen LogP contribution in [-0.2, 0) is 11.2 Å². The number of carboxylic acids is 1. The van der Waals surface area contributed by atoms with E-state index in [1.165, 1.54) is 31.0 Å². The molecule has 1 aliphatic carbocycles. The summed E-state index contributed by atoms with van der Waals surface area (Å²) >= 11 is 1.52. The third-order valence-electron chi connectivity index (χ3n) is 8.04. The van der Waals surface area contributed by atoms with Crippen molar-refractivity contribution < 1.29 is 43.1 Å². The SMILES string of the molecule is CSCCC(NC(=O)c1ccc(CCN(CC2CCCCC2)C(=O)Oc2ccccc2)cc1-c1ccccc1C)C(=O)[O-].[Li+]. The molecule has 0 heterocycles. The molecule has 3 aromatic carbocycles. The van der Waals surface area contributed by atoms with E-state index >= 15 is 0 Å². The van der Waals surface area contributed by atoms with Crippen molar-refractivity contribution in [1.82, 2.24) is 10.2 Å². The number of nitrogens with one attached hydrogen (secondary N) is 1. The van der Waals surface area contributed by atoms with E-state index in [1.54, 1.807) is 18.2 Å². The zero-order valence-electron chi connectivity index (χ0n) is 26.1. The molecule has 1 aliphatic rings. The Morgan fingerprint density at radius 1 is 0.977 bits per heavy atom. The van der Waals surface area contributed by atoms with Gasteiger partial charge in [-0.3, -0.25) is 4.79 Å². The number of thioether (sulfide) groups is 1. The molecule has 1 fully saturated rings. The molecule has 3 aromatic rings. The van der Waals surface area contributed by atoms with E-state index in [0.29, 0.717) is 42.5 Å². The minimum Gasteiger partial charge on any atom is -0.548 e. The maximum absolute atomic E-state index is 13.4. The second-order valence-corrected chi connectivity index (χ2v) is 12.2. The third-order valence-corrected chi connectivity index (χ3v) is 8.69. The van der Waals surface area contributed by atoms with Crippen LogP contribution < -0.4 is 34.0 Å². The molecule has 228 valence electrons. The maximum atomic E-state index is 13.4. The van der Waals surface area contributed by atoms with Gasteiger partial charge in [-0.15, -0.1) is 0 Å². The first-order valence-electron chi connectivity index (χ1n) is 15.1. The number of carbonyl (C=O) groups excluding carboxylic acids is 3.